The number of aromatic hydroxyl groups is 2. The number of aryl methyl sites for hydroxylation is 1. The lowest BCUT2D eigenvalue weighted by Gasteiger charge is -2.08. The summed E-state index contributed by atoms with van der Waals surface area (Å²) in [5, 5.41) is 18.6. The molecule has 0 atom stereocenters. The van der Waals surface area contributed by atoms with Gasteiger partial charge in [0.25, 0.3) is 0 Å². The van der Waals surface area contributed by atoms with E-state index in [1.807, 2.05) is 0 Å². The molecule has 0 aromatic heterocycles. The second kappa shape index (κ2) is 4.61. The van der Waals surface area contributed by atoms with Gasteiger partial charge in [-0.3, -0.25) is 0 Å². The smallest absolute Gasteiger partial charge is 0.169 e. The summed E-state index contributed by atoms with van der Waals surface area (Å²) in [7, 11) is 0. The Hall–Kier alpha value is -0.810. The number of rotatable bonds is 3. The van der Waals surface area contributed by atoms with Crippen LogP contribution in [0.3, 0.4) is 0 Å². The van der Waals surface area contributed by atoms with Crippen LogP contribution < -0.4 is 5.73 Å². The fourth-order valence-corrected chi connectivity index (χ4v) is 1.57. The molecule has 0 bridgehead atoms. The molecule has 1 rings (SSSR count). The molecule has 0 saturated heterocycles. The molecule has 0 saturated carbocycles. The first-order valence-electron chi connectivity index (χ1n) is 4.16. The zero-order chi connectivity index (χ0) is 10.7. The van der Waals surface area contributed by atoms with E-state index in [1.165, 1.54) is 0 Å². The van der Waals surface area contributed by atoms with Crippen molar-refractivity contribution in [3.8, 4) is 11.5 Å². The van der Waals surface area contributed by atoms with E-state index in [4.69, 9.17) is 10.8 Å². The summed E-state index contributed by atoms with van der Waals surface area (Å²) in [6, 6.07) is 1.12. The quantitative estimate of drug-likeness (QED) is 0.781. The molecule has 5 heteroatoms. The molecular formula is C9H11BrFNO2. The van der Waals surface area contributed by atoms with Crippen molar-refractivity contribution >= 4 is 15.9 Å². The third-order valence-corrected chi connectivity index (χ3v) is 2.65. The first kappa shape index (κ1) is 11.3. The minimum atomic E-state index is -0.748. The number of benzene rings is 1. The number of hydrogen-bond donors (Lipinski definition) is 3. The average Bonchev–Trinajstić information content (AvgIpc) is 2.18. The lowest BCUT2D eigenvalue weighted by molar-refractivity contribution is 0.410. The van der Waals surface area contributed by atoms with E-state index in [-0.39, 0.29) is 10.2 Å². The van der Waals surface area contributed by atoms with Crippen molar-refractivity contribution in [2.24, 2.45) is 5.73 Å². The number of hydrogen-bond acceptors (Lipinski definition) is 3. The van der Waals surface area contributed by atoms with Crippen LogP contribution >= 0.6 is 15.9 Å². The van der Waals surface area contributed by atoms with Crippen LogP contribution in [-0.2, 0) is 6.42 Å². The van der Waals surface area contributed by atoms with Crippen molar-refractivity contribution in [2.45, 2.75) is 12.8 Å². The predicted molar refractivity (Wildman–Crippen MR) is 54.8 cm³/mol. The van der Waals surface area contributed by atoms with Crippen molar-refractivity contribution in [3.63, 3.8) is 0 Å². The van der Waals surface area contributed by atoms with Crippen molar-refractivity contribution in [1.29, 1.82) is 0 Å². The Labute approximate surface area is 89.5 Å². The molecule has 0 fully saturated rings. The molecule has 0 unspecified atom stereocenters. The lowest BCUT2D eigenvalue weighted by atomic mass is 10.1. The lowest BCUT2D eigenvalue weighted by Crippen LogP contribution is -2.01. The summed E-state index contributed by atoms with van der Waals surface area (Å²) < 4.78 is 13.0. The normalized spacial score (nSPS) is 10.5. The standard InChI is InChI=1S/C9H11BrFNO2/c10-7-8(13)5(2-1-3-12)4-6(11)9(7)14/h4,13-14H,1-3,12H2. The second-order valence-electron chi connectivity index (χ2n) is 2.92. The van der Waals surface area contributed by atoms with Crippen molar-refractivity contribution < 1.29 is 14.6 Å². The molecule has 78 valence electrons. The van der Waals surface area contributed by atoms with Crippen LogP contribution in [-0.4, -0.2) is 16.8 Å². The van der Waals surface area contributed by atoms with E-state index < -0.39 is 11.6 Å². The Morgan fingerprint density at radius 2 is 2.00 bits per heavy atom. The van der Waals surface area contributed by atoms with Crippen LogP contribution in [0.4, 0.5) is 4.39 Å². The largest absolute Gasteiger partial charge is 0.506 e. The highest BCUT2D eigenvalue weighted by Crippen LogP contribution is 2.38. The van der Waals surface area contributed by atoms with Gasteiger partial charge in [0.15, 0.2) is 11.6 Å². The first-order chi connectivity index (χ1) is 6.57. The summed E-state index contributed by atoms with van der Waals surface area (Å²) in [5.41, 5.74) is 5.74. The Bertz CT molecular complexity index is 344. The zero-order valence-corrected chi connectivity index (χ0v) is 9.01. The van der Waals surface area contributed by atoms with Crippen LogP contribution in [0.25, 0.3) is 0 Å². The Kier molecular flexibility index (Phi) is 3.71. The van der Waals surface area contributed by atoms with Crippen molar-refractivity contribution in [1.82, 2.24) is 0 Å². The van der Waals surface area contributed by atoms with Crippen LogP contribution in [0.15, 0.2) is 10.5 Å². The van der Waals surface area contributed by atoms with Gasteiger partial charge in [-0.2, -0.15) is 0 Å². The summed E-state index contributed by atoms with van der Waals surface area (Å²) in [4.78, 5) is 0. The van der Waals surface area contributed by atoms with Gasteiger partial charge in [0.2, 0.25) is 0 Å². The second-order valence-corrected chi connectivity index (χ2v) is 3.71. The third kappa shape index (κ3) is 2.16. The molecular weight excluding hydrogens is 253 g/mol. The van der Waals surface area contributed by atoms with E-state index in [1.54, 1.807) is 0 Å². The SMILES string of the molecule is NCCCc1cc(F)c(O)c(Br)c1O. The topological polar surface area (TPSA) is 66.5 Å². The maximum Gasteiger partial charge on any atom is 0.169 e. The molecule has 0 radical (unpaired) electrons. The van der Waals surface area contributed by atoms with E-state index in [0.29, 0.717) is 24.9 Å². The fourth-order valence-electron chi connectivity index (χ4n) is 1.13. The summed E-state index contributed by atoms with van der Waals surface area (Å²) in [6.07, 6.45) is 1.14. The van der Waals surface area contributed by atoms with E-state index in [0.717, 1.165) is 6.07 Å². The molecule has 1 aromatic carbocycles. The molecule has 14 heavy (non-hydrogen) atoms. The molecule has 0 heterocycles. The molecule has 0 aliphatic heterocycles. The summed E-state index contributed by atoms with van der Waals surface area (Å²) in [5.74, 6) is -1.45. The highest BCUT2D eigenvalue weighted by Gasteiger charge is 2.14. The monoisotopic (exact) mass is 263 g/mol. The average molecular weight is 264 g/mol. The van der Waals surface area contributed by atoms with Gasteiger partial charge in [0.1, 0.15) is 10.2 Å². The van der Waals surface area contributed by atoms with E-state index >= 15 is 0 Å². The van der Waals surface area contributed by atoms with Gasteiger partial charge < -0.3 is 15.9 Å². The molecule has 0 spiro atoms. The molecule has 0 aliphatic rings. The van der Waals surface area contributed by atoms with Crippen LogP contribution in [0.5, 0.6) is 11.5 Å². The minimum absolute atomic E-state index is 0.00970. The summed E-state index contributed by atoms with van der Waals surface area (Å²) >= 11 is 2.90. The maximum absolute atomic E-state index is 13.0. The van der Waals surface area contributed by atoms with Crippen LogP contribution in [0.2, 0.25) is 0 Å². The Morgan fingerprint density at radius 3 is 2.57 bits per heavy atom. The molecule has 3 nitrogen and oxygen atoms in total. The van der Waals surface area contributed by atoms with Gasteiger partial charge in [-0.05, 0) is 46.9 Å². The van der Waals surface area contributed by atoms with Crippen molar-refractivity contribution in [3.05, 3.63) is 21.9 Å². The van der Waals surface area contributed by atoms with Gasteiger partial charge in [0.05, 0.1) is 0 Å². The number of phenolic OH excluding ortho intramolecular Hbond substituents is 2. The highest BCUT2D eigenvalue weighted by molar-refractivity contribution is 9.10. The van der Waals surface area contributed by atoms with Crippen LogP contribution in [0.1, 0.15) is 12.0 Å². The Balaban J connectivity index is 3.06. The minimum Gasteiger partial charge on any atom is -0.506 e. The molecule has 0 amide bonds. The Morgan fingerprint density at radius 1 is 1.36 bits per heavy atom. The van der Waals surface area contributed by atoms with Crippen molar-refractivity contribution in [2.75, 3.05) is 6.54 Å². The number of nitrogens with two attached hydrogens (primary N) is 1. The van der Waals surface area contributed by atoms with E-state index in [2.05, 4.69) is 15.9 Å². The first-order valence-corrected chi connectivity index (χ1v) is 4.96. The molecule has 0 aliphatic carbocycles. The van der Waals surface area contributed by atoms with Gasteiger partial charge in [-0.1, -0.05) is 0 Å². The zero-order valence-electron chi connectivity index (χ0n) is 7.43. The van der Waals surface area contributed by atoms with E-state index in [9.17, 15) is 9.50 Å². The van der Waals surface area contributed by atoms with Gasteiger partial charge >= 0.3 is 0 Å². The number of halogens is 2. The van der Waals surface area contributed by atoms with Gasteiger partial charge in [-0.25, -0.2) is 4.39 Å². The third-order valence-electron chi connectivity index (χ3n) is 1.90. The van der Waals surface area contributed by atoms with Gasteiger partial charge in [0, 0.05) is 0 Å². The summed E-state index contributed by atoms with van der Waals surface area (Å²) in [6.45, 7) is 0.472. The number of phenols is 2. The molecule has 1 aromatic rings. The highest BCUT2D eigenvalue weighted by atomic mass is 79.9. The maximum atomic E-state index is 13.0. The predicted octanol–water partition coefficient (Wildman–Crippen LogP) is 1.89. The fraction of sp³-hybridized carbons (Fsp3) is 0.333. The van der Waals surface area contributed by atoms with Crippen LogP contribution in [0, 0.1) is 5.82 Å². The van der Waals surface area contributed by atoms with Gasteiger partial charge in [-0.15, -0.1) is 0 Å². The molecule has 4 N–H and O–H groups in total.